The quantitative estimate of drug-likeness (QED) is 0.840. The Hall–Kier alpha value is -2.15. The number of ether oxygens (including phenoxy) is 2. The van der Waals surface area contributed by atoms with Gasteiger partial charge in [0, 0.05) is 5.69 Å². The van der Waals surface area contributed by atoms with Crippen LogP contribution in [-0.4, -0.2) is 33.5 Å². The first-order valence-corrected chi connectivity index (χ1v) is 8.48. The molecule has 0 fully saturated rings. The maximum atomic E-state index is 12.7. The summed E-state index contributed by atoms with van der Waals surface area (Å²) in [6.07, 6.45) is -1.80. The molecule has 2 amide bonds. The number of amides is 2. The fourth-order valence-electron chi connectivity index (χ4n) is 2.07. The summed E-state index contributed by atoms with van der Waals surface area (Å²) in [5.74, 6) is 0. The first-order valence-electron chi connectivity index (χ1n) is 8.48. The molecule has 0 saturated carbocycles. The predicted molar refractivity (Wildman–Crippen MR) is 99.2 cm³/mol. The zero-order chi connectivity index (χ0) is 20.5. The second kappa shape index (κ2) is 7.23. The van der Waals surface area contributed by atoms with Gasteiger partial charge in [-0.15, -0.1) is 0 Å². The Labute approximate surface area is 155 Å². The topological polar surface area (TPSA) is 89.0 Å². The highest BCUT2D eigenvalue weighted by Crippen LogP contribution is 2.31. The molecule has 0 radical (unpaired) electrons. The zero-order valence-corrected chi connectivity index (χ0v) is 17.1. The SMILES string of the molecule is Cc1ccc(N(C(=O)OC(C)(C)C)C(=O)OC(C)(C)C)c(C(C)(C)O)n1. The molecule has 0 aliphatic rings. The summed E-state index contributed by atoms with van der Waals surface area (Å²) in [5, 5.41) is 10.5. The van der Waals surface area contributed by atoms with E-state index in [0.29, 0.717) is 5.69 Å². The van der Waals surface area contributed by atoms with E-state index in [1.165, 1.54) is 13.8 Å². The summed E-state index contributed by atoms with van der Waals surface area (Å²) >= 11 is 0. The number of carbonyl (C=O) groups excluding carboxylic acids is 2. The van der Waals surface area contributed by atoms with E-state index in [2.05, 4.69) is 4.98 Å². The van der Waals surface area contributed by atoms with Crippen LogP contribution in [0.2, 0.25) is 0 Å². The van der Waals surface area contributed by atoms with Crippen molar-refractivity contribution in [1.29, 1.82) is 0 Å². The third kappa shape index (κ3) is 6.29. The summed E-state index contributed by atoms with van der Waals surface area (Å²) in [6.45, 7) is 15.0. The Morgan fingerprint density at radius 3 is 1.69 bits per heavy atom. The normalized spacial score (nSPS) is 12.5. The van der Waals surface area contributed by atoms with Crippen molar-refractivity contribution in [2.45, 2.75) is 79.1 Å². The number of aromatic nitrogens is 1. The summed E-state index contributed by atoms with van der Waals surface area (Å²) in [7, 11) is 0. The molecule has 7 heteroatoms. The zero-order valence-electron chi connectivity index (χ0n) is 17.1. The minimum absolute atomic E-state index is 0.117. The standard InChI is InChI=1S/C19H30N2O5/c1-12-10-11-13(14(20-12)19(8,9)24)21(15(22)25-17(2,3)4)16(23)26-18(5,6)7/h10-11,24H,1-9H3. The van der Waals surface area contributed by atoms with Gasteiger partial charge < -0.3 is 14.6 Å². The van der Waals surface area contributed by atoms with E-state index in [9.17, 15) is 14.7 Å². The lowest BCUT2D eigenvalue weighted by Crippen LogP contribution is -2.45. The van der Waals surface area contributed by atoms with Crippen LogP contribution >= 0.6 is 0 Å². The van der Waals surface area contributed by atoms with Gasteiger partial charge in [-0.1, -0.05) is 0 Å². The van der Waals surface area contributed by atoms with E-state index < -0.39 is 29.0 Å². The van der Waals surface area contributed by atoms with E-state index in [4.69, 9.17) is 9.47 Å². The van der Waals surface area contributed by atoms with Crippen molar-refractivity contribution < 1.29 is 24.2 Å². The van der Waals surface area contributed by atoms with Gasteiger partial charge in [0.15, 0.2) is 0 Å². The largest absolute Gasteiger partial charge is 0.443 e. The molecule has 7 nitrogen and oxygen atoms in total. The highest BCUT2D eigenvalue weighted by atomic mass is 16.6. The number of hydrogen-bond donors (Lipinski definition) is 1. The van der Waals surface area contributed by atoms with E-state index in [0.717, 1.165) is 4.90 Å². The molecule has 0 aliphatic heterocycles. The van der Waals surface area contributed by atoms with Crippen molar-refractivity contribution in [2.75, 3.05) is 4.90 Å². The monoisotopic (exact) mass is 366 g/mol. The van der Waals surface area contributed by atoms with Crippen molar-refractivity contribution in [3.8, 4) is 0 Å². The second-order valence-corrected chi connectivity index (χ2v) is 8.68. The van der Waals surface area contributed by atoms with Crippen LogP contribution in [0.15, 0.2) is 12.1 Å². The molecule has 1 N–H and O–H groups in total. The number of aryl methyl sites for hydroxylation is 1. The van der Waals surface area contributed by atoms with Crippen LogP contribution in [0, 0.1) is 6.92 Å². The van der Waals surface area contributed by atoms with Gasteiger partial charge in [0.25, 0.3) is 0 Å². The van der Waals surface area contributed by atoms with Crippen LogP contribution in [0.25, 0.3) is 0 Å². The van der Waals surface area contributed by atoms with Crippen molar-refractivity contribution in [2.24, 2.45) is 0 Å². The van der Waals surface area contributed by atoms with Gasteiger partial charge in [-0.3, -0.25) is 4.98 Å². The molecular formula is C19H30N2O5. The summed E-state index contributed by atoms with van der Waals surface area (Å²) in [4.78, 5) is 30.6. The van der Waals surface area contributed by atoms with Crippen molar-refractivity contribution in [1.82, 2.24) is 4.98 Å². The first-order chi connectivity index (χ1) is 11.5. The van der Waals surface area contributed by atoms with Gasteiger partial charge in [-0.2, -0.15) is 4.90 Å². The number of nitrogens with zero attached hydrogens (tertiary/aromatic N) is 2. The van der Waals surface area contributed by atoms with Crippen molar-refractivity contribution in [3.05, 3.63) is 23.5 Å². The third-order valence-corrected chi connectivity index (χ3v) is 2.99. The van der Waals surface area contributed by atoms with Crippen LogP contribution in [-0.2, 0) is 15.1 Å². The number of aliphatic hydroxyl groups is 1. The summed E-state index contributed by atoms with van der Waals surface area (Å²) in [6, 6.07) is 3.19. The lowest BCUT2D eigenvalue weighted by molar-refractivity contribution is 0.0424. The highest BCUT2D eigenvalue weighted by Gasteiger charge is 2.36. The van der Waals surface area contributed by atoms with E-state index >= 15 is 0 Å². The van der Waals surface area contributed by atoms with Crippen LogP contribution in [0.5, 0.6) is 0 Å². The summed E-state index contributed by atoms with van der Waals surface area (Å²) < 4.78 is 10.7. The number of hydrogen-bond acceptors (Lipinski definition) is 6. The Kier molecular flexibility index (Phi) is 6.09. The molecule has 1 rings (SSSR count). The minimum atomic E-state index is -1.39. The molecule has 26 heavy (non-hydrogen) atoms. The van der Waals surface area contributed by atoms with Gasteiger partial charge in [0.1, 0.15) is 16.8 Å². The molecule has 1 aromatic heterocycles. The Bertz CT molecular complexity index is 651. The highest BCUT2D eigenvalue weighted by molar-refractivity contribution is 6.10. The van der Waals surface area contributed by atoms with Gasteiger partial charge in [0.05, 0.1) is 11.4 Å². The Balaban J connectivity index is 3.51. The van der Waals surface area contributed by atoms with Crippen LogP contribution < -0.4 is 4.90 Å². The molecular weight excluding hydrogens is 336 g/mol. The van der Waals surface area contributed by atoms with Gasteiger partial charge in [-0.05, 0) is 74.4 Å². The van der Waals surface area contributed by atoms with Gasteiger partial charge >= 0.3 is 12.2 Å². The van der Waals surface area contributed by atoms with Crippen LogP contribution in [0.4, 0.5) is 15.3 Å². The van der Waals surface area contributed by atoms with Gasteiger partial charge in [0.2, 0.25) is 0 Å². The maximum Gasteiger partial charge on any atom is 0.424 e. The van der Waals surface area contributed by atoms with Gasteiger partial charge in [-0.25, -0.2) is 9.59 Å². The molecule has 1 heterocycles. The van der Waals surface area contributed by atoms with E-state index in [-0.39, 0.29) is 11.4 Å². The number of carbonyl (C=O) groups is 2. The molecule has 146 valence electrons. The number of imide groups is 1. The first kappa shape index (κ1) is 21.9. The summed E-state index contributed by atoms with van der Waals surface area (Å²) in [5.41, 5.74) is -2.08. The van der Waals surface area contributed by atoms with Crippen molar-refractivity contribution >= 4 is 17.9 Å². The Morgan fingerprint density at radius 1 is 0.923 bits per heavy atom. The fourth-order valence-corrected chi connectivity index (χ4v) is 2.07. The lowest BCUT2D eigenvalue weighted by Gasteiger charge is -2.31. The third-order valence-electron chi connectivity index (χ3n) is 2.99. The molecule has 1 aromatic rings. The average Bonchev–Trinajstić information content (AvgIpc) is 2.35. The van der Waals surface area contributed by atoms with Crippen LogP contribution in [0.1, 0.15) is 66.8 Å². The lowest BCUT2D eigenvalue weighted by atomic mass is 10.0. The number of rotatable bonds is 2. The maximum absolute atomic E-state index is 12.7. The van der Waals surface area contributed by atoms with Crippen molar-refractivity contribution in [3.63, 3.8) is 0 Å². The predicted octanol–water partition coefficient (Wildman–Crippen LogP) is 4.29. The molecule has 0 spiro atoms. The smallest absolute Gasteiger partial charge is 0.424 e. The fraction of sp³-hybridized carbons (Fsp3) is 0.632. The molecule has 0 saturated heterocycles. The molecule has 0 unspecified atom stereocenters. The van der Waals surface area contributed by atoms with Crippen LogP contribution in [0.3, 0.4) is 0 Å². The van der Waals surface area contributed by atoms with E-state index in [1.54, 1.807) is 60.6 Å². The number of anilines is 1. The average molecular weight is 366 g/mol. The second-order valence-electron chi connectivity index (χ2n) is 8.68. The minimum Gasteiger partial charge on any atom is -0.443 e. The molecule has 0 aliphatic carbocycles. The van der Waals surface area contributed by atoms with E-state index in [1.807, 2.05) is 0 Å². The Morgan fingerprint density at radius 2 is 1.35 bits per heavy atom. The molecule has 0 aromatic carbocycles. The molecule has 0 atom stereocenters. The molecule has 0 bridgehead atoms. The number of pyridine rings is 1.